The summed E-state index contributed by atoms with van der Waals surface area (Å²) in [5, 5.41) is 12.3. The molecular weight excluding hydrogens is 264 g/mol. The van der Waals surface area contributed by atoms with Gasteiger partial charge in [0.1, 0.15) is 11.6 Å². The standard InChI is InChI=1S/C15H13F2NO2/c1-9-7-10(5-6-13(9)17)14(19)15(20)18-12-4-2-3-11(16)8-12/h2-8,14,19H,1H3,(H,18,20). The second-order valence-corrected chi connectivity index (χ2v) is 4.41. The molecule has 1 atom stereocenters. The van der Waals surface area contributed by atoms with Crippen molar-refractivity contribution in [2.75, 3.05) is 5.32 Å². The second-order valence-electron chi connectivity index (χ2n) is 4.41. The molecule has 1 unspecified atom stereocenters. The van der Waals surface area contributed by atoms with Crippen LogP contribution in [0.4, 0.5) is 14.5 Å². The van der Waals surface area contributed by atoms with Crippen LogP contribution in [0, 0.1) is 18.6 Å². The summed E-state index contributed by atoms with van der Waals surface area (Å²) in [6.45, 7) is 1.54. The molecule has 0 radical (unpaired) electrons. The minimum atomic E-state index is -1.45. The number of hydrogen-bond donors (Lipinski definition) is 2. The highest BCUT2D eigenvalue weighted by Gasteiger charge is 2.18. The van der Waals surface area contributed by atoms with Gasteiger partial charge in [-0.2, -0.15) is 0 Å². The van der Waals surface area contributed by atoms with Gasteiger partial charge >= 0.3 is 0 Å². The Morgan fingerprint density at radius 1 is 1.20 bits per heavy atom. The number of carbonyl (C=O) groups is 1. The van der Waals surface area contributed by atoms with Crippen LogP contribution in [-0.2, 0) is 4.79 Å². The Balaban J connectivity index is 2.14. The monoisotopic (exact) mass is 277 g/mol. The third-order valence-electron chi connectivity index (χ3n) is 2.84. The summed E-state index contributed by atoms with van der Waals surface area (Å²) < 4.78 is 26.1. The van der Waals surface area contributed by atoms with Crippen molar-refractivity contribution in [1.29, 1.82) is 0 Å². The van der Waals surface area contributed by atoms with Gasteiger partial charge in [0.05, 0.1) is 0 Å². The van der Waals surface area contributed by atoms with Crippen molar-refractivity contribution in [1.82, 2.24) is 0 Å². The van der Waals surface area contributed by atoms with Crippen molar-refractivity contribution in [3.8, 4) is 0 Å². The number of carbonyl (C=O) groups excluding carboxylic acids is 1. The SMILES string of the molecule is Cc1cc(C(O)C(=O)Nc2cccc(F)c2)ccc1F. The van der Waals surface area contributed by atoms with E-state index in [0.29, 0.717) is 5.56 Å². The zero-order valence-corrected chi connectivity index (χ0v) is 10.7. The van der Waals surface area contributed by atoms with Crippen LogP contribution >= 0.6 is 0 Å². The first kappa shape index (κ1) is 14.1. The predicted octanol–water partition coefficient (Wildman–Crippen LogP) is 2.95. The highest BCUT2D eigenvalue weighted by atomic mass is 19.1. The highest BCUT2D eigenvalue weighted by molar-refractivity contribution is 5.94. The first-order chi connectivity index (χ1) is 9.47. The minimum Gasteiger partial charge on any atom is -0.378 e. The summed E-state index contributed by atoms with van der Waals surface area (Å²) in [6.07, 6.45) is -1.45. The lowest BCUT2D eigenvalue weighted by Crippen LogP contribution is -2.21. The molecule has 2 rings (SSSR count). The predicted molar refractivity (Wildman–Crippen MR) is 71.1 cm³/mol. The molecule has 0 aliphatic heterocycles. The number of aliphatic hydroxyl groups is 1. The summed E-state index contributed by atoms with van der Waals surface area (Å²) in [6, 6.07) is 9.24. The van der Waals surface area contributed by atoms with Gasteiger partial charge in [-0.3, -0.25) is 4.79 Å². The van der Waals surface area contributed by atoms with Gasteiger partial charge in [-0.1, -0.05) is 18.2 Å². The molecule has 0 aliphatic rings. The lowest BCUT2D eigenvalue weighted by atomic mass is 10.1. The first-order valence-electron chi connectivity index (χ1n) is 5.98. The van der Waals surface area contributed by atoms with E-state index in [1.54, 1.807) is 0 Å². The van der Waals surface area contributed by atoms with Gasteiger partial charge in [-0.15, -0.1) is 0 Å². The average molecular weight is 277 g/mol. The van der Waals surface area contributed by atoms with E-state index in [0.717, 1.165) is 6.07 Å². The molecule has 104 valence electrons. The number of rotatable bonds is 3. The normalized spacial score (nSPS) is 12.0. The molecule has 20 heavy (non-hydrogen) atoms. The number of halogens is 2. The van der Waals surface area contributed by atoms with Crippen molar-refractivity contribution in [3.05, 3.63) is 65.2 Å². The molecule has 2 N–H and O–H groups in total. The number of benzene rings is 2. The molecule has 0 heterocycles. The molecule has 0 saturated carbocycles. The fourth-order valence-electron chi connectivity index (χ4n) is 1.77. The van der Waals surface area contributed by atoms with Gasteiger partial charge in [0.15, 0.2) is 6.10 Å². The Morgan fingerprint density at radius 2 is 1.95 bits per heavy atom. The van der Waals surface area contributed by atoms with Crippen molar-refractivity contribution >= 4 is 11.6 Å². The molecule has 0 spiro atoms. The van der Waals surface area contributed by atoms with Gasteiger partial charge in [0.25, 0.3) is 5.91 Å². The third kappa shape index (κ3) is 3.19. The first-order valence-corrected chi connectivity index (χ1v) is 5.98. The molecule has 2 aromatic carbocycles. The Morgan fingerprint density at radius 3 is 2.60 bits per heavy atom. The van der Waals surface area contributed by atoms with Crippen molar-refractivity contribution in [2.24, 2.45) is 0 Å². The molecule has 0 aliphatic carbocycles. The maximum atomic E-state index is 13.1. The largest absolute Gasteiger partial charge is 0.378 e. The Labute approximate surface area is 114 Å². The summed E-state index contributed by atoms with van der Waals surface area (Å²) in [4.78, 5) is 11.8. The zero-order chi connectivity index (χ0) is 14.7. The Kier molecular flexibility index (Phi) is 4.10. The molecule has 3 nitrogen and oxygen atoms in total. The fraction of sp³-hybridized carbons (Fsp3) is 0.133. The number of hydrogen-bond acceptors (Lipinski definition) is 2. The topological polar surface area (TPSA) is 49.3 Å². The van der Waals surface area contributed by atoms with Crippen molar-refractivity contribution < 1.29 is 18.7 Å². The van der Waals surface area contributed by atoms with Gasteiger partial charge < -0.3 is 10.4 Å². The van der Waals surface area contributed by atoms with Crippen LogP contribution < -0.4 is 5.32 Å². The number of amides is 1. The summed E-state index contributed by atoms with van der Waals surface area (Å²) in [7, 11) is 0. The molecule has 5 heteroatoms. The summed E-state index contributed by atoms with van der Waals surface area (Å²) >= 11 is 0. The van der Waals surface area contributed by atoms with Gasteiger partial charge in [-0.25, -0.2) is 8.78 Å². The van der Waals surface area contributed by atoms with E-state index in [9.17, 15) is 18.7 Å². The van der Waals surface area contributed by atoms with Crippen LogP contribution in [0.2, 0.25) is 0 Å². The minimum absolute atomic E-state index is 0.243. The van der Waals surface area contributed by atoms with E-state index in [1.807, 2.05) is 0 Å². The quantitative estimate of drug-likeness (QED) is 0.906. The Hall–Kier alpha value is -2.27. The van der Waals surface area contributed by atoms with E-state index in [1.165, 1.54) is 43.3 Å². The number of aryl methyl sites for hydroxylation is 1. The molecule has 0 aromatic heterocycles. The Bertz CT molecular complexity index is 644. The van der Waals surface area contributed by atoms with Gasteiger partial charge in [0, 0.05) is 5.69 Å². The second kappa shape index (κ2) is 5.79. The zero-order valence-electron chi connectivity index (χ0n) is 10.7. The lowest BCUT2D eigenvalue weighted by molar-refractivity contribution is -0.124. The third-order valence-corrected chi connectivity index (χ3v) is 2.84. The van der Waals surface area contributed by atoms with Crippen LogP contribution in [-0.4, -0.2) is 11.0 Å². The lowest BCUT2D eigenvalue weighted by Gasteiger charge is -2.12. The molecule has 0 bridgehead atoms. The van der Waals surface area contributed by atoms with E-state index in [4.69, 9.17) is 0 Å². The molecular formula is C15H13F2NO2. The van der Waals surface area contributed by atoms with E-state index in [-0.39, 0.29) is 11.3 Å². The summed E-state index contributed by atoms with van der Waals surface area (Å²) in [5.74, 6) is -1.61. The van der Waals surface area contributed by atoms with Crippen LogP contribution in [0.15, 0.2) is 42.5 Å². The van der Waals surface area contributed by atoms with Gasteiger partial charge in [-0.05, 0) is 42.3 Å². The molecule has 1 amide bonds. The van der Waals surface area contributed by atoms with E-state index >= 15 is 0 Å². The maximum Gasteiger partial charge on any atom is 0.257 e. The van der Waals surface area contributed by atoms with E-state index in [2.05, 4.69) is 5.32 Å². The molecule has 0 fully saturated rings. The maximum absolute atomic E-state index is 13.1. The molecule has 0 saturated heterocycles. The highest BCUT2D eigenvalue weighted by Crippen LogP contribution is 2.19. The van der Waals surface area contributed by atoms with Crippen LogP contribution in [0.25, 0.3) is 0 Å². The molecule has 2 aromatic rings. The van der Waals surface area contributed by atoms with Crippen molar-refractivity contribution in [2.45, 2.75) is 13.0 Å². The van der Waals surface area contributed by atoms with Crippen LogP contribution in [0.3, 0.4) is 0 Å². The van der Waals surface area contributed by atoms with Crippen LogP contribution in [0.5, 0.6) is 0 Å². The van der Waals surface area contributed by atoms with Gasteiger partial charge in [0.2, 0.25) is 0 Å². The van der Waals surface area contributed by atoms with Crippen molar-refractivity contribution in [3.63, 3.8) is 0 Å². The van der Waals surface area contributed by atoms with Crippen LogP contribution in [0.1, 0.15) is 17.2 Å². The smallest absolute Gasteiger partial charge is 0.257 e. The number of aliphatic hydroxyl groups excluding tert-OH is 1. The number of nitrogens with one attached hydrogen (secondary N) is 1. The fourth-order valence-corrected chi connectivity index (χ4v) is 1.77. The summed E-state index contributed by atoms with van der Waals surface area (Å²) in [5.41, 5.74) is 0.853. The number of anilines is 1. The van der Waals surface area contributed by atoms with E-state index < -0.39 is 23.6 Å². The average Bonchev–Trinajstić information content (AvgIpc) is 2.41.